The number of nitrogens with zero attached hydrogens (tertiary/aromatic N) is 1. The minimum atomic E-state index is -0.460. The van der Waals surface area contributed by atoms with Gasteiger partial charge in [0.1, 0.15) is 5.82 Å². The summed E-state index contributed by atoms with van der Waals surface area (Å²) in [4.78, 5) is 15.7. The summed E-state index contributed by atoms with van der Waals surface area (Å²) in [6, 6.07) is 1.78. The molecule has 1 aliphatic carbocycles. The summed E-state index contributed by atoms with van der Waals surface area (Å²) in [6.07, 6.45) is 4.00. The van der Waals surface area contributed by atoms with E-state index in [2.05, 4.69) is 17.2 Å². The average molecular weight is 248 g/mol. The number of nitrogens with one attached hydrogen (secondary N) is 1. The molecule has 0 radical (unpaired) electrons. The third-order valence-electron chi connectivity index (χ3n) is 3.71. The van der Waals surface area contributed by atoms with Crippen molar-refractivity contribution in [1.82, 2.24) is 4.98 Å². The quantitative estimate of drug-likeness (QED) is 0.725. The summed E-state index contributed by atoms with van der Waals surface area (Å²) in [5.74, 6) is 0.631. The van der Waals surface area contributed by atoms with Crippen LogP contribution in [0.5, 0.6) is 0 Å². The van der Waals surface area contributed by atoms with Gasteiger partial charge in [0.25, 0.3) is 5.91 Å². The zero-order chi connectivity index (χ0) is 13.3. The van der Waals surface area contributed by atoms with Crippen LogP contribution >= 0.6 is 0 Å². The maximum atomic E-state index is 11.5. The number of carbonyl (C=O) groups excluding carboxylic acids is 1. The van der Waals surface area contributed by atoms with E-state index in [0.29, 0.717) is 23.8 Å². The number of carbonyl (C=O) groups is 1. The molecule has 0 bridgehead atoms. The lowest BCUT2D eigenvalue weighted by Crippen LogP contribution is -2.45. The molecule has 1 aliphatic rings. The predicted octanol–water partition coefficient (Wildman–Crippen LogP) is 1.03. The molecule has 0 saturated heterocycles. The molecule has 1 saturated carbocycles. The van der Waals surface area contributed by atoms with Crippen molar-refractivity contribution in [2.45, 2.75) is 32.2 Å². The normalized spacial score (nSPS) is 18.2. The monoisotopic (exact) mass is 248 g/mol. The van der Waals surface area contributed by atoms with Gasteiger partial charge in [0.2, 0.25) is 0 Å². The Morgan fingerprint density at radius 3 is 2.78 bits per heavy atom. The van der Waals surface area contributed by atoms with Crippen LogP contribution in [0.15, 0.2) is 12.3 Å². The Bertz CT molecular complexity index is 470. The van der Waals surface area contributed by atoms with Gasteiger partial charge >= 0.3 is 0 Å². The summed E-state index contributed by atoms with van der Waals surface area (Å²) in [5.41, 5.74) is 12.3. The van der Waals surface area contributed by atoms with E-state index in [0.717, 1.165) is 5.56 Å². The van der Waals surface area contributed by atoms with Crippen LogP contribution in [0.2, 0.25) is 0 Å². The van der Waals surface area contributed by atoms with Crippen molar-refractivity contribution in [1.29, 1.82) is 0 Å². The van der Waals surface area contributed by atoms with E-state index in [-0.39, 0.29) is 5.54 Å². The average Bonchev–Trinajstić information content (AvgIpc) is 3.12. The van der Waals surface area contributed by atoms with Crippen LogP contribution in [0.1, 0.15) is 35.7 Å². The number of amides is 1. The second-order valence-electron chi connectivity index (χ2n) is 5.24. The Morgan fingerprint density at radius 1 is 1.61 bits per heavy atom. The first-order valence-electron chi connectivity index (χ1n) is 6.21. The zero-order valence-electron chi connectivity index (χ0n) is 10.9. The number of anilines is 1. The van der Waals surface area contributed by atoms with Gasteiger partial charge in [-0.3, -0.25) is 4.79 Å². The summed E-state index contributed by atoms with van der Waals surface area (Å²) in [6.45, 7) is 4.43. The number of hydrogen-bond acceptors (Lipinski definition) is 4. The minimum Gasteiger partial charge on any atom is -0.365 e. The Labute approximate surface area is 107 Å². The van der Waals surface area contributed by atoms with Crippen LogP contribution in [0.25, 0.3) is 0 Å². The molecule has 1 fully saturated rings. The Hall–Kier alpha value is -1.62. The molecule has 5 heteroatoms. The summed E-state index contributed by atoms with van der Waals surface area (Å²) >= 11 is 0. The van der Waals surface area contributed by atoms with E-state index in [1.54, 1.807) is 12.3 Å². The van der Waals surface area contributed by atoms with Gasteiger partial charge in [-0.25, -0.2) is 4.98 Å². The van der Waals surface area contributed by atoms with E-state index in [1.807, 2.05) is 6.92 Å². The van der Waals surface area contributed by atoms with E-state index in [4.69, 9.17) is 11.5 Å². The van der Waals surface area contributed by atoms with Crippen molar-refractivity contribution in [2.75, 3.05) is 11.9 Å². The SMILES string of the molecule is Cc1ccnc(NC(C)(CN)C2CC2)c1C(N)=O. The van der Waals surface area contributed by atoms with Gasteiger partial charge in [0.15, 0.2) is 0 Å². The molecule has 1 amide bonds. The molecule has 1 unspecified atom stereocenters. The van der Waals surface area contributed by atoms with Gasteiger partial charge < -0.3 is 16.8 Å². The molecule has 0 aromatic carbocycles. The third-order valence-corrected chi connectivity index (χ3v) is 3.71. The second kappa shape index (κ2) is 4.57. The van der Waals surface area contributed by atoms with Crippen molar-refractivity contribution in [3.63, 3.8) is 0 Å². The molecule has 1 aromatic rings. The van der Waals surface area contributed by atoms with E-state index in [9.17, 15) is 4.79 Å². The Morgan fingerprint density at radius 2 is 2.28 bits per heavy atom. The molecule has 1 atom stereocenters. The fourth-order valence-electron chi connectivity index (χ4n) is 2.27. The molecule has 5 N–H and O–H groups in total. The topological polar surface area (TPSA) is 94.0 Å². The summed E-state index contributed by atoms with van der Waals surface area (Å²) < 4.78 is 0. The first-order chi connectivity index (χ1) is 8.48. The fraction of sp³-hybridized carbons (Fsp3) is 0.538. The smallest absolute Gasteiger partial charge is 0.252 e. The van der Waals surface area contributed by atoms with Crippen LogP contribution in [-0.4, -0.2) is 23.0 Å². The third kappa shape index (κ3) is 2.31. The molecule has 0 aliphatic heterocycles. The zero-order valence-corrected chi connectivity index (χ0v) is 10.9. The lowest BCUT2D eigenvalue weighted by atomic mass is 9.95. The summed E-state index contributed by atoms with van der Waals surface area (Å²) in [5, 5.41) is 3.32. The van der Waals surface area contributed by atoms with Crippen LogP contribution < -0.4 is 16.8 Å². The van der Waals surface area contributed by atoms with Crippen LogP contribution in [0.4, 0.5) is 5.82 Å². The maximum absolute atomic E-state index is 11.5. The molecule has 2 rings (SSSR count). The standard InChI is InChI=1S/C13H20N4O/c1-8-5-6-16-12(10(8)11(15)18)17-13(2,7-14)9-3-4-9/h5-6,9H,3-4,7,14H2,1-2H3,(H2,15,18)(H,16,17). The van der Waals surface area contributed by atoms with Crippen molar-refractivity contribution in [3.05, 3.63) is 23.4 Å². The number of primary amides is 1. The highest BCUT2D eigenvalue weighted by atomic mass is 16.1. The highest BCUT2D eigenvalue weighted by Crippen LogP contribution is 2.41. The van der Waals surface area contributed by atoms with Gasteiger partial charge in [0.05, 0.1) is 11.1 Å². The van der Waals surface area contributed by atoms with Crippen molar-refractivity contribution >= 4 is 11.7 Å². The molecular formula is C13H20N4O. The minimum absolute atomic E-state index is 0.217. The largest absolute Gasteiger partial charge is 0.365 e. The van der Waals surface area contributed by atoms with E-state index < -0.39 is 5.91 Å². The molecule has 98 valence electrons. The van der Waals surface area contributed by atoms with Gasteiger partial charge in [-0.15, -0.1) is 0 Å². The number of nitrogens with two attached hydrogens (primary N) is 2. The van der Waals surface area contributed by atoms with Crippen molar-refractivity contribution in [2.24, 2.45) is 17.4 Å². The summed E-state index contributed by atoms with van der Waals surface area (Å²) in [7, 11) is 0. The number of pyridine rings is 1. The van der Waals surface area contributed by atoms with Gasteiger partial charge in [-0.1, -0.05) is 0 Å². The van der Waals surface area contributed by atoms with Gasteiger partial charge in [0, 0.05) is 12.7 Å². The Kier molecular flexibility index (Phi) is 3.26. The molecule has 18 heavy (non-hydrogen) atoms. The van der Waals surface area contributed by atoms with Crippen molar-refractivity contribution in [3.8, 4) is 0 Å². The molecular weight excluding hydrogens is 228 g/mol. The van der Waals surface area contributed by atoms with Gasteiger partial charge in [-0.2, -0.15) is 0 Å². The number of rotatable bonds is 5. The molecule has 1 aromatic heterocycles. The predicted molar refractivity (Wildman–Crippen MR) is 71.3 cm³/mol. The second-order valence-corrected chi connectivity index (χ2v) is 5.24. The van der Waals surface area contributed by atoms with Crippen LogP contribution in [0, 0.1) is 12.8 Å². The van der Waals surface area contributed by atoms with Gasteiger partial charge in [-0.05, 0) is 44.2 Å². The van der Waals surface area contributed by atoms with E-state index in [1.165, 1.54) is 12.8 Å². The Balaban J connectivity index is 2.33. The van der Waals surface area contributed by atoms with Crippen LogP contribution in [0.3, 0.4) is 0 Å². The maximum Gasteiger partial charge on any atom is 0.252 e. The number of aryl methyl sites for hydroxylation is 1. The van der Waals surface area contributed by atoms with Crippen molar-refractivity contribution < 1.29 is 4.79 Å². The molecule has 1 heterocycles. The highest BCUT2D eigenvalue weighted by molar-refractivity contribution is 5.99. The lowest BCUT2D eigenvalue weighted by Gasteiger charge is -2.31. The van der Waals surface area contributed by atoms with Crippen LogP contribution in [-0.2, 0) is 0 Å². The lowest BCUT2D eigenvalue weighted by molar-refractivity contribution is 0.1000. The number of hydrogen-bond donors (Lipinski definition) is 3. The van der Waals surface area contributed by atoms with E-state index >= 15 is 0 Å². The fourth-order valence-corrected chi connectivity index (χ4v) is 2.27. The molecule has 5 nitrogen and oxygen atoms in total. The first-order valence-corrected chi connectivity index (χ1v) is 6.21. The molecule has 0 spiro atoms. The highest BCUT2D eigenvalue weighted by Gasteiger charge is 2.41. The first kappa shape index (κ1) is 12.8. The number of aromatic nitrogens is 1.